The maximum absolute atomic E-state index is 13.0. The molecule has 0 aliphatic heterocycles. The molecule has 1 atom stereocenters. The summed E-state index contributed by atoms with van der Waals surface area (Å²) >= 11 is 6.59. The third-order valence-electron chi connectivity index (χ3n) is 3.95. The van der Waals surface area contributed by atoms with Crippen molar-refractivity contribution in [2.45, 2.75) is 30.4 Å². The number of aryl methyl sites for hydroxylation is 1. The highest BCUT2D eigenvalue weighted by atomic mass is 35.5. The number of nitrogens with one attached hydrogen (secondary N) is 1. The van der Waals surface area contributed by atoms with Crippen LogP contribution in [-0.2, 0) is 11.0 Å². The predicted molar refractivity (Wildman–Crippen MR) is 103 cm³/mol. The lowest BCUT2D eigenvalue weighted by Crippen LogP contribution is -2.24. The Balaban J connectivity index is 1.72. The number of furan rings is 1. The van der Waals surface area contributed by atoms with Crippen molar-refractivity contribution in [1.29, 1.82) is 0 Å². The molecule has 3 rings (SSSR count). The lowest BCUT2D eigenvalue weighted by atomic mass is 10.2. The van der Waals surface area contributed by atoms with E-state index in [1.54, 1.807) is 19.9 Å². The van der Waals surface area contributed by atoms with Gasteiger partial charge in [-0.3, -0.25) is 4.79 Å². The molecule has 1 unspecified atom stereocenters. The maximum Gasteiger partial charge on any atom is 0.417 e. The first-order valence-corrected chi connectivity index (χ1v) is 9.43. The Kier molecular flexibility index (Phi) is 5.80. The zero-order valence-electron chi connectivity index (χ0n) is 15.1. The fraction of sp³-hybridized carbons (Fsp3) is 0.235. The van der Waals surface area contributed by atoms with Gasteiger partial charge in [0.2, 0.25) is 11.1 Å². The Hall–Kier alpha value is -2.66. The molecule has 0 spiro atoms. The molecule has 3 N–H and O–H groups in total. The average molecular weight is 446 g/mol. The van der Waals surface area contributed by atoms with E-state index in [9.17, 15) is 18.0 Å². The van der Waals surface area contributed by atoms with Crippen molar-refractivity contribution in [3.63, 3.8) is 0 Å². The number of thioether (sulfide) groups is 1. The monoisotopic (exact) mass is 445 g/mol. The second-order valence-corrected chi connectivity index (χ2v) is 7.72. The molecule has 0 bridgehead atoms. The second kappa shape index (κ2) is 7.99. The number of benzene rings is 1. The molecule has 12 heteroatoms. The number of halogens is 4. The molecule has 0 fully saturated rings. The summed E-state index contributed by atoms with van der Waals surface area (Å²) in [6.45, 7) is 3.31. The van der Waals surface area contributed by atoms with Crippen molar-refractivity contribution in [1.82, 2.24) is 14.9 Å². The Morgan fingerprint density at radius 3 is 2.69 bits per heavy atom. The molecule has 2 aromatic heterocycles. The fourth-order valence-electron chi connectivity index (χ4n) is 2.43. The van der Waals surface area contributed by atoms with Crippen LogP contribution in [0.1, 0.15) is 18.2 Å². The van der Waals surface area contributed by atoms with E-state index in [0.717, 1.165) is 23.9 Å². The third-order valence-corrected chi connectivity index (χ3v) is 5.34. The summed E-state index contributed by atoms with van der Waals surface area (Å²) in [4.78, 5) is 12.4. The number of nitrogens with two attached hydrogens (primary N) is 1. The molecule has 1 aromatic carbocycles. The van der Waals surface area contributed by atoms with Gasteiger partial charge in [0.05, 0.1) is 27.7 Å². The van der Waals surface area contributed by atoms with Gasteiger partial charge in [-0.1, -0.05) is 23.4 Å². The molecule has 29 heavy (non-hydrogen) atoms. The Labute approximate surface area is 172 Å². The standard InChI is InChI=1S/C17H15ClF3N5O2S/c1-8-11(5-6-28-8)14-24-25-16(26(14)22)29-9(2)15(27)23-10-3-4-13(18)12(7-10)17(19,20)21/h3-7,9H,22H2,1-2H3,(H,23,27). The highest BCUT2D eigenvalue weighted by molar-refractivity contribution is 8.00. The smallest absolute Gasteiger partial charge is 0.417 e. The molecular weight excluding hydrogens is 431 g/mol. The van der Waals surface area contributed by atoms with E-state index in [-0.39, 0.29) is 10.8 Å². The number of hydrogen-bond acceptors (Lipinski definition) is 6. The van der Waals surface area contributed by atoms with Crippen LogP contribution in [-0.4, -0.2) is 26.0 Å². The number of aromatic nitrogens is 3. The minimum absolute atomic E-state index is 0.0249. The van der Waals surface area contributed by atoms with Crippen molar-refractivity contribution in [3.8, 4) is 11.4 Å². The van der Waals surface area contributed by atoms with Crippen molar-refractivity contribution in [2.24, 2.45) is 0 Å². The summed E-state index contributed by atoms with van der Waals surface area (Å²) in [7, 11) is 0. The van der Waals surface area contributed by atoms with Crippen molar-refractivity contribution in [3.05, 3.63) is 46.9 Å². The van der Waals surface area contributed by atoms with Gasteiger partial charge < -0.3 is 15.6 Å². The van der Waals surface area contributed by atoms with E-state index >= 15 is 0 Å². The van der Waals surface area contributed by atoms with Crippen LogP contribution in [0, 0.1) is 6.92 Å². The van der Waals surface area contributed by atoms with Gasteiger partial charge in [0.1, 0.15) is 5.76 Å². The van der Waals surface area contributed by atoms with Crippen LogP contribution >= 0.6 is 23.4 Å². The SMILES string of the molecule is Cc1occc1-c1nnc(SC(C)C(=O)Nc2ccc(Cl)c(C(F)(F)F)c2)n1N. The van der Waals surface area contributed by atoms with Gasteiger partial charge in [-0.2, -0.15) is 13.2 Å². The lowest BCUT2D eigenvalue weighted by Gasteiger charge is -2.14. The molecule has 0 aliphatic rings. The highest BCUT2D eigenvalue weighted by Gasteiger charge is 2.33. The van der Waals surface area contributed by atoms with E-state index in [1.165, 1.54) is 17.0 Å². The van der Waals surface area contributed by atoms with Gasteiger partial charge in [0.15, 0.2) is 5.82 Å². The molecule has 7 nitrogen and oxygen atoms in total. The van der Waals surface area contributed by atoms with E-state index < -0.39 is 27.9 Å². The maximum atomic E-state index is 13.0. The van der Waals surface area contributed by atoms with Gasteiger partial charge in [-0.25, -0.2) is 4.68 Å². The first-order valence-electron chi connectivity index (χ1n) is 8.17. The van der Waals surface area contributed by atoms with Gasteiger partial charge in [0.25, 0.3) is 0 Å². The van der Waals surface area contributed by atoms with E-state index in [2.05, 4.69) is 15.5 Å². The van der Waals surface area contributed by atoms with Gasteiger partial charge >= 0.3 is 6.18 Å². The van der Waals surface area contributed by atoms with Crippen LogP contribution in [0.3, 0.4) is 0 Å². The van der Waals surface area contributed by atoms with Crippen LogP contribution in [0.2, 0.25) is 5.02 Å². The van der Waals surface area contributed by atoms with Crippen molar-refractivity contribution in [2.75, 3.05) is 11.2 Å². The number of alkyl halides is 3. The van der Waals surface area contributed by atoms with E-state index in [4.69, 9.17) is 21.9 Å². The molecule has 0 radical (unpaired) electrons. The minimum atomic E-state index is -4.63. The molecule has 1 amide bonds. The number of hydrogen-bond donors (Lipinski definition) is 2. The number of carbonyl (C=O) groups excluding carboxylic acids is 1. The van der Waals surface area contributed by atoms with E-state index in [1.807, 2.05) is 0 Å². The Bertz CT molecular complexity index is 1050. The van der Waals surface area contributed by atoms with Crippen LogP contribution in [0.4, 0.5) is 18.9 Å². The fourth-order valence-corrected chi connectivity index (χ4v) is 3.43. The first kappa shape index (κ1) is 21.1. The van der Waals surface area contributed by atoms with Crippen LogP contribution in [0.15, 0.2) is 40.1 Å². The topological polar surface area (TPSA) is 99.0 Å². The largest absolute Gasteiger partial charge is 0.469 e. The lowest BCUT2D eigenvalue weighted by molar-refractivity contribution is -0.137. The second-order valence-electron chi connectivity index (χ2n) is 6.01. The molecule has 154 valence electrons. The summed E-state index contributed by atoms with van der Waals surface area (Å²) < 4.78 is 45.3. The molecule has 0 saturated carbocycles. The van der Waals surface area contributed by atoms with Crippen molar-refractivity contribution >= 4 is 35.0 Å². The number of anilines is 1. The third kappa shape index (κ3) is 4.51. The van der Waals surface area contributed by atoms with Gasteiger partial charge in [0, 0.05) is 5.69 Å². The van der Waals surface area contributed by atoms with E-state index in [0.29, 0.717) is 17.1 Å². The van der Waals surface area contributed by atoms with Gasteiger partial charge in [-0.05, 0) is 38.1 Å². The molecular formula is C17H15ClF3N5O2S. The van der Waals surface area contributed by atoms with Crippen LogP contribution in [0.25, 0.3) is 11.4 Å². The zero-order chi connectivity index (χ0) is 21.3. The molecule has 0 aliphatic carbocycles. The average Bonchev–Trinajstić information content (AvgIpc) is 3.21. The first-order chi connectivity index (χ1) is 13.6. The highest BCUT2D eigenvalue weighted by Crippen LogP contribution is 2.36. The molecule has 2 heterocycles. The molecule has 3 aromatic rings. The van der Waals surface area contributed by atoms with Crippen LogP contribution in [0.5, 0.6) is 0 Å². The summed E-state index contributed by atoms with van der Waals surface area (Å²) in [5, 5.41) is 9.49. The summed E-state index contributed by atoms with van der Waals surface area (Å²) in [6.07, 6.45) is -3.14. The number of nitrogen functional groups attached to an aromatic ring is 1. The minimum Gasteiger partial charge on any atom is -0.469 e. The summed E-state index contributed by atoms with van der Waals surface area (Å²) in [5.74, 6) is 6.44. The molecule has 0 saturated heterocycles. The zero-order valence-corrected chi connectivity index (χ0v) is 16.7. The summed E-state index contributed by atoms with van der Waals surface area (Å²) in [5.41, 5.74) is -0.396. The van der Waals surface area contributed by atoms with Gasteiger partial charge in [-0.15, -0.1) is 10.2 Å². The van der Waals surface area contributed by atoms with Crippen molar-refractivity contribution < 1.29 is 22.4 Å². The van der Waals surface area contributed by atoms with Crippen LogP contribution < -0.4 is 11.2 Å². The quantitative estimate of drug-likeness (QED) is 0.447. The normalized spacial score (nSPS) is 12.8. The predicted octanol–water partition coefficient (Wildman–Crippen LogP) is 4.35. The summed E-state index contributed by atoms with van der Waals surface area (Å²) in [6, 6.07) is 4.83. The number of amides is 1. The Morgan fingerprint density at radius 1 is 1.34 bits per heavy atom. The Morgan fingerprint density at radius 2 is 2.07 bits per heavy atom. The number of rotatable bonds is 5. The number of carbonyl (C=O) groups is 1. The number of nitrogens with zero attached hydrogens (tertiary/aromatic N) is 3.